The van der Waals surface area contributed by atoms with E-state index in [0.29, 0.717) is 26.5 Å². The van der Waals surface area contributed by atoms with Crippen molar-refractivity contribution in [2.24, 2.45) is 5.10 Å². The topological polar surface area (TPSA) is 145 Å². The number of aromatic nitrogens is 3. The van der Waals surface area contributed by atoms with Crippen molar-refractivity contribution < 1.29 is 14.3 Å². The van der Waals surface area contributed by atoms with Crippen LogP contribution >= 0.6 is 34.4 Å². The third kappa shape index (κ3) is 5.91. The van der Waals surface area contributed by atoms with Crippen molar-refractivity contribution in [3.05, 3.63) is 38.4 Å². The molecule has 0 saturated carbocycles. The molecule has 0 atom stereocenters. The normalized spacial score (nSPS) is 10.7. The summed E-state index contributed by atoms with van der Waals surface area (Å²) >= 11 is 3.69. The first kappa shape index (κ1) is 22.5. The molecule has 3 rings (SSSR count). The Hall–Kier alpha value is -3.21. The van der Waals surface area contributed by atoms with E-state index < -0.39 is 5.97 Å². The highest BCUT2D eigenvalue weighted by molar-refractivity contribution is 7.99. The minimum absolute atomic E-state index is 0.0202. The van der Waals surface area contributed by atoms with Crippen LogP contribution < -0.4 is 10.7 Å². The monoisotopic (exact) mass is 475 g/mol. The lowest BCUT2D eigenvalue weighted by atomic mass is 10.2. The van der Waals surface area contributed by atoms with Crippen LogP contribution in [0.1, 0.15) is 32.6 Å². The zero-order valence-electron chi connectivity index (χ0n) is 16.5. The van der Waals surface area contributed by atoms with E-state index in [-0.39, 0.29) is 23.8 Å². The number of hydrazone groups is 1. The van der Waals surface area contributed by atoms with Crippen LogP contribution in [-0.2, 0) is 9.53 Å². The largest absolute Gasteiger partial charge is 0.462 e. The minimum Gasteiger partial charge on any atom is -0.462 e. The number of carbonyl (C=O) groups excluding carboxylic acids is 2. The van der Waals surface area contributed by atoms with Gasteiger partial charge in [0.05, 0.1) is 24.1 Å². The predicted molar refractivity (Wildman–Crippen MR) is 121 cm³/mol. The van der Waals surface area contributed by atoms with Gasteiger partial charge in [-0.1, -0.05) is 17.8 Å². The van der Waals surface area contributed by atoms with Crippen molar-refractivity contribution in [1.29, 1.82) is 5.26 Å². The van der Waals surface area contributed by atoms with Gasteiger partial charge in [-0.2, -0.15) is 15.3 Å². The molecule has 3 aromatic heterocycles. The number of ether oxygens (including phenoxy) is 1. The molecule has 0 aliphatic rings. The summed E-state index contributed by atoms with van der Waals surface area (Å²) < 4.78 is 4.99. The summed E-state index contributed by atoms with van der Waals surface area (Å²) in [5.41, 5.74) is 3.47. The first-order valence-electron chi connectivity index (χ1n) is 8.90. The Labute approximate surface area is 189 Å². The maximum absolute atomic E-state index is 12.3. The number of carbonyl (C=O) groups is 2. The van der Waals surface area contributed by atoms with Gasteiger partial charge in [0, 0.05) is 4.88 Å². The number of hydrogen-bond acceptors (Lipinski definition) is 11. The second kappa shape index (κ2) is 10.7. The van der Waals surface area contributed by atoms with E-state index in [1.54, 1.807) is 31.4 Å². The van der Waals surface area contributed by atoms with Gasteiger partial charge in [-0.25, -0.2) is 15.3 Å². The maximum atomic E-state index is 12.3. The number of rotatable bonds is 9. The second-order valence-electron chi connectivity index (χ2n) is 5.78. The number of aromatic amines is 1. The number of nitrogens with zero attached hydrogens (tertiary/aromatic N) is 4. The minimum atomic E-state index is -0.515. The molecule has 160 valence electrons. The van der Waals surface area contributed by atoms with Gasteiger partial charge in [-0.05, 0) is 30.9 Å². The van der Waals surface area contributed by atoms with Gasteiger partial charge in [0.2, 0.25) is 17.0 Å². The Bertz CT molecular complexity index is 1130. The lowest BCUT2D eigenvalue weighted by molar-refractivity contribution is -0.113. The number of amides is 1. The van der Waals surface area contributed by atoms with E-state index in [1.807, 2.05) is 23.6 Å². The molecule has 0 fully saturated rings. The zero-order valence-corrected chi connectivity index (χ0v) is 18.9. The van der Waals surface area contributed by atoms with Gasteiger partial charge in [0.25, 0.3) is 0 Å². The fraction of sp³-hybridized carbons (Fsp3) is 0.222. The van der Waals surface area contributed by atoms with Crippen molar-refractivity contribution >= 4 is 63.5 Å². The zero-order chi connectivity index (χ0) is 22.2. The maximum Gasteiger partial charge on any atom is 0.348 e. The molecule has 0 spiro atoms. The van der Waals surface area contributed by atoms with Crippen LogP contribution in [0.2, 0.25) is 0 Å². The number of esters is 1. The fourth-order valence-electron chi connectivity index (χ4n) is 2.30. The van der Waals surface area contributed by atoms with E-state index in [0.717, 1.165) is 28.0 Å². The second-order valence-corrected chi connectivity index (χ2v) is 8.72. The number of nitriles is 1. The number of H-pyrrole nitrogens is 1. The molecule has 0 aliphatic carbocycles. The Balaban J connectivity index is 1.55. The van der Waals surface area contributed by atoms with Crippen LogP contribution in [0.5, 0.6) is 0 Å². The van der Waals surface area contributed by atoms with Gasteiger partial charge < -0.3 is 10.1 Å². The summed E-state index contributed by atoms with van der Waals surface area (Å²) in [5.74, 6) is -0.505. The summed E-state index contributed by atoms with van der Waals surface area (Å²) in [6.07, 6.45) is 1.66. The average molecular weight is 476 g/mol. The summed E-state index contributed by atoms with van der Waals surface area (Å²) in [6.45, 7) is 3.57. The van der Waals surface area contributed by atoms with Gasteiger partial charge >= 0.3 is 5.97 Å². The standard InChI is InChI=1S/C18H17N7O3S3/c1-3-28-16(27)14-10(2)12(7-19)15(31-14)21-13(26)9-30-18-22-17(24-25-18)23-20-8-11-5-4-6-29-11/h4-6,8H,3,9H2,1-2H3,(H,21,26)(H2,22,23,24,25)/b20-8-. The fourth-order valence-corrected chi connectivity index (χ4v) is 4.55. The molecule has 10 nitrogen and oxygen atoms in total. The Morgan fingerprint density at radius 1 is 1.48 bits per heavy atom. The van der Waals surface area contributed by atoms with E-state index in [2.05, 4.69) is 31.0 Å². The summed E-state index contributed by atoms with van der Waals surface area (Å²) in [6, 6.07) is 5.88. The molecule has 3 N–H and O–H groups in total. The molecule has 0 radical (unpaired) electrons. The third-order valence-corrected chi connectivity index (χ3v) is 6.52. The predicted octanol–water partition coefficient (Wildman–Crippen LogP) is 3.46. The van der Waals surface area contributed by atoms with Crippen molar-refractivity contribution in [1.82, 2.24) is 15.2 Å². The van der Waals surface area contributed by atoms with Crippen molar-refractivity contribution in [2.75, 3.05) is 23.1 Å². The lowest BCUT2D eigenvalue weighted by Crippen LogP contribution is -2.14. The molecule has 0 aliphatic heterocycles. The van der Waals surface area contributed by atoms with E-state index in [9.17, 15) is 14.9 Å². The molecular formula is C18H17N7O3S3. The number of thioether (sulfide) groups is 1. The average Bonchev–Trinajstić information content (AvgIpc) is 3.48. The smallest absolute Gasteiger partial charge is 0.348 e. The van der Waals surface area contributed by atoms with Crippen molar-refractivity contribution in [2.45, 2.75) is 19.0 Å². The quantitative estimate of drug-likeness (QED) is 0.185. The van der Waals surface area contributed by atoms with Gasteiger partial charge in [0.15, 0.2) is 0 Å². The van der Waals surface area contributed by atoms with Crippen LogP contribution in [0.25, 0.3) is 0 Å². The molecule has 31 heavy (non-hydrogen) atoms. The van der Waals surface area contributed by atoms with E-state index in [4.69, 9.17) is 4.74 Å². The summed E-state index contributed by atoms with van der Waals surface area (Å²) in [7, 11) is 0. The molecule has 13 heteroatoms. The number of hydrogen-bond donors (Lipinski definition) is 3. The van der Waals surface area contributed by atoms with E-state index in [1.165, 1.54) is 0 Å². The molecule has 0 aromatic carbocycles. The first-order chi connectivity index (χ1) is 15.0. The third-order valence-electron chi connectivity index (χ3n) is 3.68. The Morgan fingerprint density at radius 2 is 2.32 bits per heavy atom. The molecule has 0 unspecified atom stereocenters. The molecular weight excluding hydrogens is 458 g/mol. The summed E-state index contributed by atoms with van der Waals surface area (Å²) in [4.78, 5) is 29.8. The van der Waals surface area contributed by atoms with Crippen LogP contribution in [-0.4, -0.2) is 45.6 Å². The molecule has 3 aromatic rings. The summed E-state index contributed by atoms with van der Waals surface area (Å²) in [5, 5.41) is 25.4. The Kier molecular flexibility index (Phi) is 7.76. The van der Waals surface area contributed by atoms with Crippen LogP contribution in [0.4, 0.5) is 10.9 Å². The first-order valence-corrected chi connectivity index (χ1v) is 11.6. The van der Waals surface area contributed by atoms with E-state index >= 15 is 0 Å². The molecule has 0 bridgehead atoms. The van der Waals surface area contributed by atoms with Gasteiger partial charge in [0.1, 0.15) is 15.9 Å². The number of nitrogens with one attached hydrogen (secondary N) is 3. The van der Waals surface area contributed by atoms with Gasteiger partial charge in [-0.15, -0.1) is 27.8 Å². The van der Waals surface area contributed by atoms with Crippen LogP contribution in [0.3, 0.4) is 0 Å². The highest BCUT2D eigenvalue weighted by Crippen LogP contribution is 2.33. The highest BCUT2D eigenvalue weighted by Gasteiger charge is 2.22. The number of anilines is 2. The van der Waals surface area contributed by atoms with Crippen LogP contribution in [0.15, 0.2) is 27.8 Å². The molecule has 1 amide bonds. The molecule has 3 heterocycles. The Morgan fingerprint density at radius 3 is 3.03 bits per heavy atom. The molecule has 0 saturated heterocycles. The van der Waals surface area contributed by atoms with Crippen molar-refractivity contribution in [3.8, 4) is 6.07 Å². The number of thiophene rings is 2. The van der Waals surface area contributed by atoms with Gasteiger partial charge in [-0.3, -0.25) is 4.79 Å². The van der Waals surface area contributed by atoms with Crippen molar-refractivity contribution in [3.63, 3.8) is 0 Å². The SMILES string of the molecule is CCOC(=O)c1sc(NC(=O)CSc2n[nH]c(N/N=C\c3cccs3)n2)c(C#N)c1C. The van der Waals surface area contributed by atoms with Crippen LogP contribution in [0, 0.1) is 18.3 Å². The lowest BCUT2D eigenvalue weighted by Gasteiger charge is -2.01. The highest BCUT2D eigenvalue weighted by atomic mass is 32.2.